The molecule has 0 spiro atoms. The topological polar surface area (TPSA) is 87.7 Å². The maximum atomic E-state index is 12.9. The first kappa shape index (κ1) is 20.3. The van der Waals surface area contributed by atoms with Gasteiger partial charge < -0.3 is 20.3 Å². The van der Waals surface area contributed by atoms with Gasteiger partial charge in [-0.1, -0.05) is 12.1 Å². The number of carbonyl (C=O) groups excluding carboxylic acids is 3. The quantitative estimate of drug-likeness (QED) is 0.717. The van der Waals surface area contributed by atoms with Crippen molar-refractivity contribution in [1.82, 2.24) is 4.90 Å². The van der Waals surface area contributed by atoms with E-state index in [2.05, 4.69) is 10.6 Å². The second-order valence-electron chi connectivity index (χ2n) is 7.29. The number of carbonyl (C=O) groups is 3. The third kappa shape index (κ3) is 4.43. The average Bonchev–Trinajstić information content (AvgIpc) is 3.28. The summed E-state index contributed by atoms with van der Waals surface area (Å²) in [5.41, 5.74) is 1.57. The van der Waals surface area contributed by atoms with Gasteiger partial charge in [-0.25, -0.2) is 0 Å². The Bertz CT molecular complexity index is 988. The Morgan fingerprint density at radius 2 is 1.97 bits per heavy atom. The van der Waals surface area contributed by atoms with Crippen LogP contribution in [-0.2, 0) is 9.59 Å². The summed E-state index contributed by atoms with van der Waals surface area (Å²) in [5, 5.41) is 5.64. The van der Waals surface area contributed by atoms with Gasteiger partial charge in [-0.2, -0.15) is 0 Å². The molecular formula is C22H23N3O4S. The molecule has 1 fully saturated rings. The Labute approximate surface area is 179 Å². The summed E-state index contributed by atoms with van der Waals surface area (Å²) >= 11 is 1.38. The number of nitrogens with zero attached hydrogens (tertiary/aromatic N) is 1. The predicted octanol–water partition coefficient (Wildman–Crippen LogP) is 3.37. The summed E-state index contributed by atoms with van der Waals surface area (Å²) in [4.78, 5) is 39.7. The minimum atomic E-state index is -0.551. The normalized spacial score (nSPS) is 17.7. The van der Waals surface area contributed by atoms with Gasteiger partial charge in [-0.05, 0) is 50.1 Å². The number of benzene rings is 2. The molecule has 0 saturated carbocycles. The zero-order chi connectivity index (χ0) is 21.1. The molecule has 0 aromatic heterocycles. The smallest absolute Gasteiger partial charge is 0.265 e. The van der Waals surface area contributed by atoms with E-state index >= 15 is 0 Å². The van der Waals surface area contributed by atoms with Crippen LogP contribution in [0.15, 0.2) is 47.4 Å². The third-order valence-electron chi connectivity index (χ3n) is 5.11. The van der Waals surface area contributed by atoms with Crippen molar-refractivity contribution in [2.24, 2.45) is 0 Å². The summed E-state index contributed by atoms with van der Waals surface area (Å²) in [5.74, 6) is 0.479. The summed E-state index contributed by atoms with van der Waals surface area (Å²) in [7, 11) is 0. The molecule has 7 nitrogen and oxygen atoms in total. The number of likely N-dealkylation sites (tertiary alicyclic amines) is 1. The summed E-state index contributed by atoms with van der Waals surface area (Å²) in [6.07, 6.45) is 1.56. The van der Waals surface area contributed by atoms with Crippen molar-refractivity contribution in [3.63, 3.8) is 0 Å². The second-order valence-corrected chi connectivity index (χ2v) is 8.30. The fraction of sp³-hybridized carbons (Fsp3) is 0.318. The van der Waals surface area contributed by atoms with Crippen molar-refractivity contribution in [3.8, 4) is 5.75 Å². The van der Waals surface area contributed by atoms with E-state index in [1.807, 2.05) is 17.0 Å². The van der Waals surface area contributed by atoms with E-state index in [4.69, 9.17) is 4.74 Å². The Balaban J connectivity index is 1.44. The molecule has 2 N–H and O–H groups in total. The Morgan fingerprint density at radius 3 is 2.77 bits per heavy atom. The van der Waals surface area contributed by atoms with Crippen molar-refractivity contribution >= 4 is 40.9 Å². The molecule has 2 aromatic carbocycles. The van der Waals surface area contributed by atoms with Gasteiger partial charge in [0.1, 0.15) is 5.75 Å². The largest absolute Gasteiger partial charge is 0.479 e. The van der Waals surface area contributed by atoms with Crippen LogP contribution < -0.4 is 15.4 Å². The Morgan fingerprint density at radius 1 is 1.20 bits per heavy atom. The van der Waals surface area contributed by atoms with Crippen LogP contribution in [0.25, 0.3) is 0 Å². The molecule has 3 amide bonds. The lowest BCUT2D eigenvalue weighted by atomic mass is 10.2. The highest BCUT2D eigenvalue weighted by Crippen LogP contribution is 2.32. The van der Waals surface area contributed by atoms with Crippen LogP contribution in [0.1, 0.15) is 30.1 Å². The molecule has 4 rings (SSSR count). The number of fused-ring (bicyclic) bond motifs is 1. The average molecular weight is 426 g/mol. The molecule has 156 valence electrons. The molecule has 2 aliphatic heterocycles. The molecule has 1 atom stereocenters. The minimum absolute atomic E-state index is 0.104. The summed E-state index contributed by atoms with van der Waals surface area (Å²) in [6.45, 7) is 3.31. The highest BCUT2D eigenvalue weighted by atomic mass is 32.2. The Kier molecular flexibility index (Phi) is 5.94. The van der Waals surface area contributed by atoms with Crippen molar-refractivity contribution in [1.29, 1.82) is 0 Å². The molecule has 2 aliphatic rings. The lowest BCUT2D eigenvalue weighted by Crippen LogP contribution is -2.34. The lowest BCUT2D eigenvalue weighted by molar-refractivity contribution is -0.127. The van der Waals surface area contributed by atoms with Crippen LogP contribution in [-0.4, -0.2) is 47.6 Å². The lowest BCUT2D eigenvalue weighted by Gasteiger charge is -2.23. The number of ether oxygens (including phenoxy) is 1. The van der Waals surface area contributed by atoms with Gasteiger partial charge in [0.2, 0.25) is 5.91 Å². The van der Waals surface area contributed by atoms with Crippen molar-refractivity contribution in [3.05, 3.63) is 48.0 Å². The standard InChI is InChI=1S/C22H23N3O4S/c1-14-21(27)24-17-12-15(8-9-18(17)29-14)23-22(28)16-6-2-3-7-19(16)30-13-20(26)25-10-4-5-11-25/h2-3,6-9,12,14H,4-5,10-11,13H2,1H3,(H,23,28)(H,24,27)/t14-/m0/s1. The van der Waals surface area contributed by atoms with Crippen molar-refractivity contribution in [2.45, 2.75) is 30.8 Å². The number of thioether (sulfide) groups is 1. The van der Waals surface area contributed by atoms with E-state index in [0.29, 0.717) is 28.4 Å². The van der Waals surface area contributed by atoms with Gasteiger partial charge in [0.15, 0.2) is 6.10 Å². The van der Waals surface area contributed by atoms with E-state index in [1.54, 1.807) is 37.3 Å². The summed E-state index contributed by atoms with van der Waals surface area (Å²) in [6, 6.07) is 12.4. The van der Waals surface area contributed by atoms with Crippen molar-refractivity contribution in [2.75, 3.05) is 29.5 Å². The number of rotatable bonds is 5. The number of nitrogens with one attached hydrogen (secondary N) is 2. The molecule has 0 bridgehead atoms. The summed E-state index contributed by atoms with van der Waals surface area (Å²) < 4.78 is 5.54. The maximum absolute atomic E-state index is 12.9. The van der Waals surface area contributed by atoms with Gasteiger partial charge >= 0.3 is 0 Å². The van der Waals surface area contributed by atoms with Crippen LogP contribution in [0.3, 0.4) is 0 Å². The van der Waals surface area contributed by atoms with Gasteiger partial charge in [0.25, 0.3) is 11.8 Å². The van der Waals surface area contributed by atoms with Crippen LogP contribution in [0.5, 0.6) is 5.75 Å². The van der Waals surface area contributed by atoms with E-state index in [0.717, 1.165) is 30.8 Å². The molecule has 2 aromatic rings. The molecular weight excluding hydrogens is 402 g/mol. The van der Waals surface area contributed by atoms with E-state index in [9.17, 15) is 14.4 Å². The van der Waals surface area contributed by atoms with Crippen LogP contribution >= 0.6 is 11.8 Å². The molecule has 0 radical (unpaired) electrons. The SMILES string of the molecule is C[C@@H]1Oc2ccc(NC(=O)c3ccccc3SCC(=O)N3CCCC3)cc2NC1=O. The number of hydrogen-bond donors (Lipinski definition) is 2. The number of amides is 3. The van der Waals surface area contributed by atoms with E-state index < -0.39 is 6.10 Å². The highest BCUT2D eigenvalue weighted by molar-refractivity contribution is 8.00. The van der Waals surface area contributed by atoms with Crippen LogP contribution in [0.4, 0.5) is 11.4 Å². The second kappa shape index (κ2) is 8.79. The first-order valence-electron chi connectivity index (χ1n) is 9.94. The van der Waals surface area contributed by atoms with Gasteiger partial charge in [-0.15, -0.1) is 11.8 Å². The van der Waals surface area contributed by atoms with Crippen LogP contribution in [0.2, 0.25) is 0 Å². The maximum Gasteiger partial charge on any atom is 0.265 e. The first-order chi connectivity index (χ1) is 14.5. The first-order valence-corrected chi connectivity index (χ1v) is 10.9. The molecule has 30 heavy (non-hydrogen) atoms. The van der Waals surface area contributed by atoms with E-state index in [-0.39, 0.29) is 17.7 Å². The monoisotopic (exact) mass is 425 g/mol. The fourth-order valence-electron chi connectivity index (χ4n) is 3.46. The molecule has 0 unspecified atom stereocenters. The molecule has 0 aliphatic carbocycles. The molecule has 8 heteroatoms. The fourth-order valence-corrected chi connectivity index (χ4v) is 4.41. The zero-order valence-electron chi connectivity index (χ0n) is 16.6. The molecule has 1 saturated heterocycles. The Hall–Kier alpha value is -3.00. The van der Waals surface area contributed by atoms with Crippen molar-refractivity contribution < 1.29 is 19.1 Å². The minimum Gasteiger partial charge on any atom is -0.479 e. The number of anilines is 2. The van der Waals surface area contributed by atoms with E-state index in [1.165, 1.54) is 11.8 Å². The highest BCUT2D eigenvalue weighted by Gasteiger charge is 2.24. The zero-order valence-corrected chi connectivity index (χ0v) is 17.5. The third-order valence-corrected chi connectivity index (χ3v) is 6.17. The van der Waals surface area contributed by atoms with Gasteiger partial charge in [0.05, 0.1) is 17.0 Å². The van der Waals surface area contributed by atoms with Gasteiger partial charge in [0, 0.05) is 23.7 Å². The number of hydrogen-bond acceptors (Lipinski definition) is 5. The van der Waals surface area contributed by atoms with Crippen LogP contribution in [0, 0.1) is 0 Å². The van der Waals surface area contributed by atoms with Gasteiger partial charge in [-0.3, -0.25) is 14.4 Å². The predicted molar refractivity (Wildman–Crippen MR) is 116 cm³/mol. The molecule has 2 heterocycles.